The first-order valence-electron chi connectivity index (χ1n) is 10.4. The zero-order valence-electron chi connectivity index (χ0n) is 17.1. The van der Waals surface area contributed by atoms with Crippen molar-refractivity contribution in [1.29, 1.82) is 0 Å². The average molecular weight is 404 g/mol. The first kappa shape index (κ1) is 22.7. The van der Waals surface area contributed by atoms with Gasteiger partial charge in [0, 0.05) is 25.6 Å². The van der Waals surface area contributed by atoms with Gasteiger partial charge < -0.3 is 27.0 Å². The molecule has 8 nitrogen and oxygen atoms in total. The summed E-state index contributed by atoms with van der Waals surface area (Å²) in [6.45, 7) is 2.93. The van der Waals surface area contributed by atoms with Gasteiger partial charge in [-0.2, -0.15) is 0 Å². The van der Waals surface area contributed by atoms with E-state index in [0.717, 1.165) is 31.2 Å². The Kier molecular flexibility index (Phi) is 9.43. The first-order valence-corrected chi connectivity index (χ1v) is 10.4. The van der Waals surface area contributed by atoms with Crippen molar-refractivity contribution < 1.29 is 14.4 Å². The molecule has 4 amide bonds. The number of hydrogen-bond donors (Lipinski definition) is 5. The topological polar surface area (TPSA) is 125 Å². The number of nitrogens with two attached hydrogens (primary N) is 1. The second kappa shape index (κ2) is 12.1. The van der Waals surface area contributed by atoms with Gasteiger partial charge in [-0.25, -0.2) is 4.79 Å². The van der Waals surface area contributed by atoms with Crippen LogP contribution in [0.15, 0.2) is 30.3 Å². The molecule has 0 aliphatic carbocycles. The Morgan fingerprint density at radius 3 is 2.52 bits per heavy atom. The lowest BCUT2D eigenvalue weighted by atomic mass is 10.0. The van der Waals surface area contributed by atoms with Crippen LogP contribution in [0.25, 0.3) is 0 Å². The van der Waals surface area contributed by atoms with E-state index in [9.17, 15) is 14.4 Å². The molecule has 0 saturated carbocycles. The van der Waals surface area contributed by atoms with Crippen LogP contribution in [0.3, 0.4) is 0 Å². The van der Waals surface area contributed by atoms with Crippen LogP contribution >= 0.6 is 0 Å². The Morgan fingerprint density at radius 1 is 1.10 bits per heavy atom. The van der Waals surface area contributed by atoms with E-state index < -0.39 is 11.9 Å². The number of urea groups is 1. The number of benzene rings is 1. The molecular formula is C21H33N5O3. The van der Waals surface area contributed by atoms with Gasteiger partial charge in [-0.3, -0.25) is 9.59 Å². The van der Waals surface area contributed by atoms with Crippen molar-refractivity contribution in [3.8, 4) is 0 Å². The molecule has 2 rings (SSSR count). The SMILES string of the molecule is C[C@H]1NC(=O)N[C@H]1CCCCCC(=O)NCCN[C@@H](Cc1ccccc1)C(N)=O. The number of rotatable bonds is 13. The summed E-state index contributed by atoms with van der Waals surface area (Å²) in [7, 11) is 0. The Balaban J connectivity index is 1.52. The van der Waals surface area contributed by atoms with Crippen LogP contribution in [0.1, 0.15) is 44.6 Å². The molecule has 8 heteroatoms. The summed E-state index contributed by atoms with van der Waals surface area (Å²) in [6.07, 6.45) is 4.67. The van der Waals surface area contributed by atoms with E-state index in [1.807, 2.05) is 37.3 Å². The van der Waals surface area contributed by atoms with Crippen LogP contribution < -0.4 is 27.0 Å². The van der Waals surface area contributed by atoms with Gasteiger partial charge in [-0.15, -0.1) is 0 Å². The van der Waals surface area contributed by atoms with Gasteiger partial charge >= 0.3 is 6.03 Å². The summed E-state index contributed by atoms with van der Waals surface area (Å²) in [5.41, 5.74) is 6.50. The summed E-state index contributed by atoms with van der Waals surface area (Å²) < 4.78 is 0. The lowest BCUT2D eigenvalue weighted by molar-refractivity contribution is -0.121. The van der Waals surface area contributed by atoms with E-state index in [0.29, 0.717) is 25.9 Å². The first-order chi connectivity index (χ1) is 14.0. The fraction of sp³-hybridized carbons (Fsp3) is 0.571. The fourth-order valence-electron chi connectivity index (χ4n) is 3.45. The number of carbonyl (C=O) groups is 3. The summed E-state index contributed by atoms with van der Waals surface area (Å²) in [4.78, 5) is 34.8. The van der Waals surface area contributed by atoms with Crippen molar-refractivity contribution >= 4 is 17.8 Å². The highest BCUT2D eigenvalue weighted by Gasteiger charge is 2.26. The van der Waals surface area contributed by atoms with Crippen molar-refractivity contribution in [2.45, 2.75) is 63.6 Å². The van der Waals surface area contributed by atoms with Gasteiger partial charge in [0.2, 0.25) is 11.8 Å². The third-order valence-electron chi connectivity index (χ3n) is 5.16. The maximum absolute atomic E-state index is 11.9. The van der Waals surface area contributed by atoms with E-state index in [2.05, 4.69) is 21.3 Å². The van der Waals surface area contributed by atoms with Crippen molar-refractivity contribution in [3.05, 3.63) is 35.9 Å². The third kappa shape index (κ3) is 8.51. The van der Waals surface area contributed by atoms with E-state index in [-0.39, 0.29) is 24.0 Å². The molecule has 1 aromatic carbocycles. The lowest BCUT2D eigenvalue weighted by Crippen LogP contribution is -2.45. The van der Waals surface area contributed by atoms with E-state index >= 15 is 0 Å². The monoisotopic (exact) mass is 403 g/mol. The summed E-state index contributed by atoms with van der Waals surface area (Å²) in [5, 5.41) is 11.7. The molecule has 1 aromatic rings. The predicted molar refractivity (Wildman–Crippen MR) is 112 cm³/mol. The fourth-order valence-corrected chi connectivity index (χ4v) is 3.45. The molecule has 1 aliphatic rings. The Hall–Kier alpha value is -2.61. The Bertz CT molecular complexity index is 668. The number of hydrogen-bond acceptors (Lipinski definition) is 4. The molecule has 1 heterocycles. The second-order valence-electron chi connectivity index (χ2n) is 7.56. The second-order valence-corrected chi connectivity index (χ2v) is 7.56. The van der Waals surface area contributed by atoms with Crippen molar-refractivity contribution in [1.82, 2.24) is 21.3 Å². The maximum atomic E-state index is 11.9. The zero-order valence-corrected chi connectivity index (χ0v) is 17.1. The van der Waals surface area contributed by atoms with Gasteiger partial charge in [0.25, 0.3) is 0 Å². The molecule has 0 spiro atoms. The maximum Gasteiger partial charge on any atom is 0.315 e. The molecule has 1 aliphatic heterocycles. The Labute approximate surface area is 172 Å². The number of unbranched alkanes of at least 4 members (excludes halogenated alkanes) is 2. The molecule has 6 N–H and O–H groups in total. The van der Waals surface area contributed by atoms with E-state index in [1.165, 1.54) is 0 Å². The van der Waals surface area contributed by atoms with Crippen LogP contribution in [-0.2, 0) is 16.0 Å². The molecule has 1 fully saturated rings. The van der Waals surface area contributed by atoms with Crippen LogP contribution in [-0.4, -0.2) is 49.1 Å². The van der Waals surface area contributed by atoms with E-state index in [4.69, 9.17) is 5.73 Å². The van der Waals surface area contributed by atoms with Gasteiger partial charge in [-0.1, -0.05) is 43.2 Å². The number of nitrogens with one attached hydrogen (secondary N) is 4. The minimum Gasteiger partial charge on any atom is -0.368 e. The van der Waals surface area contributed by atoms with Crippen molar-refractivity contribution in [2.75, 3.05) is 13.1 Å². The molecular weight excluding hydrogens is 370 g/mol. The smallest absolute Gasteiger partial charge is 0.315 e. The highest BCUT2D eigenvalue weighted by molar-refractivity contribution is 5.80. The van der Waals surface area contributed by atoms with Crippen molar-refractivity contribution in [3.63, 3.8) is 0 Å². The van der Waals surface area contributed by atoms with Gasteiger partial charge in [0.15, 0.2) is 0 Å². The summed E-state index contributed by atoms with van der Waals surface area (Å²) in [6, 6.07) is 9.47. The normalized spacial score (nSPS) is 19.3. The van der Waals surface area contributed by atoms with E-state index in [1.54, 1.807) is 0 Å². The summed E-state index contributed by atoms with van der Waals surface area (Å²) >= 11 is 0. The third-order valence-corrected chi connectivity index (χ3v) is 5.16. The average Bonchev–Trinajstić information content (AvgIpc) is 3.01. The molecule has 1 saturated heterocycles. The molecule has 29 heavy (non-hydrogen) atoms. The standard InChI is InChI=1S/C21H33N5O3/c1-15-17(26-21(29)25-15)10-6-3-7-11-19(27)24-13-12-23-18(20(22)28)14-16-8-4-2-5-9-16/h2,4-5,8-9,15,17-18,23H,3,6-7,10-14H2,1H3,(H2,22,28)(H,24,27)(H2,25,26,29)/t15-,17+,18+/m1/s1. The van der Waals surface area contributed by atoms with Gasteiger partial charge in [-0.05, 0) is 31.7 Å². The lowest BCUT2D eigenvalue weighted by Gasteiger charge is -2.16. The van der Waals surface area contributed by atoms with Crippen LogP contribution in [0, 0.1) is 0 Å². The van der Waals surface area contributed by atoms with Crippen molar-refractivity contribution in [2.24, 2.45) is 5.73 Å². The molecule has 0 radical (unpaired) electrons. The number of primary amides is 1. The molecule has 0 aromatic heterocycles. The van der Waals surface area contributed by atoms with Gasteiger partial charge in [0.1, 0.15) is 0 Å². The van der Waals surface area contributed by atoms with Crippen LogP contribution in [0.2, 0.25) is 0 Å². The Morgan fingerprint density at radius 2 is 1.86 bits per heavy atom. The highest BCUT2D eigenvalue weighted by Crippen LogP contribution is 2.11. The molecule has 0 bridgehead atoms. The van der Waals surface area contributed by atoms with Crippen LogP contribution in [0.5, 0.6) is 0 Å². The quantitative estimate of drug-likeness (QED) is 0.313. The molecule has 0 unspecified atom stereocenters. The molecule has 3 atom stereocenters. The minimum absolute atomic E-state index is 0.00897. The number of amides is 4. The van der Waals surface area contributed by atoms with Gasteiger partial charge in [0.05, 0.1) is 12.1 Å². The summed E-state index contributed by atoms with van der Waals surface area (Å²) in [5.74, 6) is -0.391. The highest BCUT2D eigenvalue weighted by atomic mass is 16.2. The predicted octanol–water partition coefficient (Wildman–Crippen LogP) is 0.809. The largest absolute Gasteiger partial charge is 0.368 e. The number of carbonyl (C=O) groups excluding carboxylic acids is 3. The molecule has 160 valence electrons. The minimum atomic E-state index is -0.456. The van der Waals surface area contributed by atoms with Crippen LogP contribution in [0.4, 0.5) is 4.79 Å². The zero-order chi connectivity index (χ0) is 21.1.